The summed E-state index contributed by atoms with van der Waals surface area (Å²) in [6, 6.07) is 13.7. The fourth-order valence-electron chi connectivity index (χ4n) is 2.08. The molecule has 3 rings (SSSR count). The first kappa shape index (κ1) is 11.2. The van der Waals surface area contributed by atoms with Gasteiger partial charge in [0, 0.05) is 10.8 Å². The van der Waals surface area contributed by atoms with Crippen LogP contribution in [0.15, 0.2) is 42.5 Å². The first-order valence-corrected chi connectivity index (χ1v) is 6.27. The lowest BCUT2D eigenvalue weighted by Crippen LogP contribution is -1.81. The van der Waals surface area contributed by atoms with Crippen molar-refractivity contribution in [1.29, 1.82) is 0 Å². The van der Waals surface area contributed by atoms with Crippen molar-refractivity contribution < 1.29 is 0 Å². The van der Waals surface area contributed by atoms with E-state index in [1.165, 1.54) is 0 Å². The van der Waals surface area contributed by atoms with Crippen LogP contribution in [-0.2, 0) is 0 Å². The molecule has 0 aliphatic carbocycles. The Morgan fingerprint density at radius 2 is 1.47 bits per heavy atom. The summed E-state index contributed by atoms with van der Waals surface area (Å²) in [5, 5.41) is 5.71. The number of halogens is 3. The summed E-state index contributed by atoms with van der Waals surface area (Å²) in [5.41, 5.74) is 0. The van der Waals surface area contributed by atoms with Crippen molar-refractivity contribution in [2.75, 3.05) is 0 Å². The molecule has 0 N–H and O–H groups in total. The summed E-state index contributed by atoms with van der Waals surface area (Å²) < 4.78 is 0. The zero-order valence-corrected chi connectivity index (χ0v) is 10.9. The average Bonchev–Trinajstić information content (AvgIpc) is 2.35. The SMILES string of the molecule is Clc1cc(Cl)c2ccc3ccccc3c2c1Cl. The van der Waals surface area contributed by atoms with E-state index >= 15 is 0 Å². The minimum absolute atomic E-state index is 0.487. The zero-order chi connectivity index (χ0) is 12.0. The highest BCUT2D eigenvalue weighted by Crippen LogP contribution is 2.39. The quantitative estimate of drug-likeness (QED) is 0.352. The lowest BCUT2D eigenvalue weighted by atomic mass is 10.0. The second-order valence-electron chi connectivity index (χ2n) is 3.86. The Labute approximate surface area is 114 Å². The van der Waals surface area contributed by atoms with Crippen LogP contribution < -0.4 is 0 Å². The third-order valence-corrected chi connectivity index (χ3v) is 3.97. The third kappa shape index (κ3) is 1.68. The second-order valence-corrected chi connectivity index (χ2v) is 5.06. The van der Waals surface area contributed by atoms with E-state index in [1.54, 1.807) is 6.07 Å². The molecule has 0 saturated heterocycles. The van der Waals surface area contributed by atoms with Gasteiger partial charge in [0.25, 0.3) is 0 Å². The van der Waals surface area contributed by atoms with Crippen LogP contribution in [0.5, 0.6) is 0 Å². The molecular formula is C14H7Cl3. The molecule has 0 unspecified atom stereocenters. The van der Waals surface area contributed by atoms with Crippen LogP contribution >= 0.6 is 34.8 Å². The Balaban J connectivity index is 2.65. The van der Waals surface area contributed by atoms with Crippen molar-refractivity contribution in [3.8, 4) is 0 Å². The molecule has 0 aliphatic rings. The molecule has 0 spiro atoms. The van der Waals surface area contributed by atoms with Crippen molar-refractivity contribution >= 4 is 56.3 Å². The van der Waals surface area contributed by atoms with Gasteiger partial charge < -0.3 is 0 Å². The summed E-state index contributed by atoms with van der Waals surface area (Å²) in [5.74, 6) is 0. The minimum atomic E-state index is 0.487. The van der Waals surface area contributed by atoms with Gasteiger partial charge in [0.1, 0.15) is 0 Å². The number of fused-ring (bicyclic) bond motifs is 3. The van der Waals surface area contributed by atoms with Gasteiger partial charge >= 0.3 is 0 Å². The number of hydrogen-bond donors (Lipinski definition) is 0. The maximum atomic E-state index is 6.29. The van der Waals surface area contributed by atoms with E-state index in [0.29, 0.717) is 15.1 Å². The molecule has 0 heterocycles. The second kappa shape index (κ2) is 4.06. The van der Waals surface area contributed by atoms with Gasteiger partial charge in [-0.1, -0.05) is 71.2 Å². The van der Waals surface area contributed by atoms with E-state index in [1.807, 2.05) is 36.4 Å². The Morgan fingerprint density at radius 3 is 2.29 bits per heavy atom. The smallest absolute Gasteiger partial charge is 0.0677 e. The molecule has 0 atom stereocenters. The maximum Gasteiger partial charge on any atom is 0.0677 e. The van der Waals surface area contributed by atoms with Gasteiger partial charge in [-0.2, -0.15) is 0 Å². The Kier molecular flexibility index (Phi) is 2.67. The van der Waals surface area contributed by atoms with Crippen molar-refractivity contribution in [1.82, 2.24) is 0 Å². The van der Waals surface area contributed by atoms with Gasteiger partial charge in [0.2, 0.25) is 0 Å². The molecule has 0 aromatic heterocycles. The van der Waals surface area contributed by atoms with Crippen molar-refractivity contribution in [3.63, 3.8) is 0 Å². The molecule has 17 heavy (non-hydrogen) atoms. The van der Waals surface area contributed by atoms with Gasteiger partial charge in [-0.05, 0) is 16.8 Å². The molecule has 0 amide bonds. The van der Waals surface area contributed by atoms with E-state index in [9.17, 15) is 0 Å². The molecule has 0 radical (unpaired) electrons. The molecule has 3 aromatic carbocycles. The summed E-state index contributed by atoms with van der Waals surface area (Å²) in [7, 11) is 0. The van der Waals surface area contributed by atoms with Crippen LogP contribution in [0, 0.1) is 0 Å². The standard InChI is InChI=1S/C14H7Cl3/c15-11-7-12(16)14(17)13-9-4-2-1-3-8(9)5-6-10(11)13/h1-7H. The minimum Gasteiger partial charge on any atom is -0.0836 e. The highest BCUT2D eigenvalue weighted by atomic mass is 35.5. The summed E-state index contributed by atoms with van der Waals surface area (Å²) in [6.45, 7) is 0. The molecule has 0 fully saturated rings. The van der Waals surface area contributed by atoms with Crippen LogP contribution in [0.25, 0.3) is 21.5 Å². The molecule has 0 nitrogen and oxygen atoms in total. The van der Waals surface area contributed by atoms with Gasteiger partial charge in [-0.15, -0.1) is 0 Å². The highest BCUT2D eigenvalue weighted by molar-refractivity contribution is 6.49. The number of hydrogen-bond acceptors (Lipinski definition) is 0. The highest BCUT2D eigenvalue weighted by Gasteiger charge is 2.10. The molecule has 0 bridgehead atoms. The Bertz CT molecular complexity index is 732. The van der Waals surface area contributed by atoms with E-state index in [4.69, 9.17) is 34.8 Å². The van der Waals surface area contributed by atoms with E-state index in [-0.39, 0.29) is 0 Å². The van der Waals surface area contributed by atoms with Gasteiger partial charge in [-0.3, -0.25) is 0 Å². The van der Waals surface area contributed by atoms with Gasteiger partial charge in [0.15, 0.2) is 0 Å². The van der Waals surface area contributed by atoms with Crippen LogP contribution in [0.1, 0.15) is 0 Å². The normalized spacial score (nSPS) is 11.2. The molecule has 3 aromatic rings. The van der Waals surface area contributed by atoms with Gasteiger partial charge in [0.05, 0.1) is 15.1 Å². The first-order valence-electron chi connectivity index (χ1n) is 5.13. The predicted molar refractivity (Wildman–Crippen MR) is 76.5 cm³/mol. The molecule has 0 aliphatic heterocycles. The average molecular weight is 282 g/mol. The van der Waals surface area contributed by atoms with Crippen LogP contribution in [-0.4, -0.2) is 0 Å². The summed E-state index contributed by atoms with van der Waals surface area (Å²) in [6.07, 6.45) is 0. The lowest BCUT2D eigenvalue weighted by Gasteiger charge is -2.08. The zero-order valence-electron chi connectivity index (χ0n) is 8.68. The largest absolute Gasteiger partial charge is 0.0836 e. The van der Waals surface area contributed by atoms with Crippen molar-refractivity contribution in [2.45, 2.75) is 0 Å². The van der Waals surface area contributed by atoms with E-state index in [0.717, 1.165) is 21.5 Å². The van der Waals surface area contributed by atoms with Crippen LogP contribution in [0.2, 0.25) is 15.1 Å². The van der Waals surface area contributed by atoms with E-state index in [2.05, 4.69) is 0 Å². The molecule has 3 heteroatoms. The lowest BCUT2D eigenvalue weighted by molar-refractivity contribution is 1.76. The predicted octanol–water partition coefficient (Wildman–Crippen LogP) is 5.95. The molecular weight excluding hydrogens is 275 g/mol. The number of benzene rings is 3. The maximum absolute atomic E-state index is 6.29. The topological polar surface area (TPSA) is 0 Å². The van der Waals surface area contributed by atoms with Crippen molar-refractivity contribution in [2.24, 2.45) is 0 Å². The Hall–Kier alpha value is -0.950. The summed E-state index contributed by atoms with van der Waals surface area (Å²) >= 11 is 18.6. The van der Waals surface area contributed by atoms with Crippen LogP contribution in [0.4, 0.5) is 0 Å². The fraction of sp³-hybridized carbons (Fsp3) is 0. The number of rotatable bonds is 0. The first-order chi connectivity index (χ1) is 8.18. The summed E-state index contributed by atoms with van der Waals surface area (Å²) in [4.78, 5) is 0. The van der Waals surface area contributed by atoms with Crippen molar-refractivity contribution in [3.05, 3.63) is 57.5 Å². The third-order valence-electron chi connectivity index (χ3n) is 2.87. The monoisotopic (exact) mass is 280 g/mol. The van der Waals surface area contributed by atoms with Gasteiger partial charge in [-0.25, -0.2) is 0 Å². The molecule has 84 valence electrons. The van der Waals surface area contributed by atoms with E-state index < -0.39 is 0 Å². The molecule has 0 saturated carbocycles. The fourth-order valence-corrected chi connectivity index (χ4v) is 2.86. The Morgan fingerprint density at radius 1 is 0.706 bits per heavy atom. The van der Waals surface area contributed by atoms with Crippen LogP contribution in [0.3, 0.4) is 0 Å².